The predicted octanol–water partition coefficient (Wildman–Crippen LogP) is 4.65. The van der Waals surface area contributed by atoms with Crippen molar-refractivity contribution in [2.75, 3.05) is 6.61 Å². The second-order valence-electron chi connectivity index (χ2n) is 5.94. The van der Waals surface area contributed by atoms with Crippen LogP contribution in [0, 0.1) is 0 Å². The summed E-state index contributed by atoms with van der Waals surface area (Å²) in [7, 11) is 0. The highest BCUT2D eigenvalue weighted by molar-refractivity contribution is 6.35. The van der Waals surface area contributed by atoms with Gasteiger partial charge in [0.05, 0.1) is 17.2 Å². The summed E-state index contributed by atoms with van der Waals surface area (Å²) in [5.41, 5.74) is 2.34. The minimum atomic E-state index is -0.287. The van der Waals surface area contributed by atoms with Crippen LogP contribution in [-0.2, 0) is 13.0 Å². The molecule has 0 bridgehead atoms. The van der Waals surface area contributed by atoms with Crippen molar-refractivity contribution in [3.05, 3.63) is 57.1 Å². The molecule has 0 saturated carbocycles. The number of hydrogen-bond acceptors (Lipinski definition) is 3. The Kier molecular flexibility index (Phi) is 5.40. The topological polar surface area (TPSA) is 47.6 Å². The molecule has 0 fully saturated rings. The number of benzene rings is 2. The average molecular weight is 380 g/mol. The normalized spacial score (nSPS) is 15.4. The summed E-state index contributed by atoms with van der Waals surface area (Å²) in [6, 6.07) is 8.73. The molecule has 25 heavy (non-hydrogen) atoms. The molecule has 0 radical (unpaired) electrons. The molecule has 0 saturated heterocycles. The SMILES string of the molecule is CCOc1cc2c(cc1CNC(=O)c1cc(Cl)ccc1Cl)OC(C)C2. The van der Waals surface area contributed by atoms with Crippen molar-refractivity contribution in [3.63, 3.8) is 0 Å². The molecule has 0 aliphatic carbocycles. The molecule has 1 N–H and O–H groups in total. The number of hydrogen-bond donors (Lipinski definition) is 1. The third-order valence-electron chi connectivity index (χ3n) is 3.99. The molecule has 1 aliphatic rings. The van der Waals surface area contributed by atoms with Crippen LogP contribution in [-0.4, -0.2) is 18.6 Å². The van der Waals surface area contributed by atoms with E-state index in [2.05, 4.69) is 5.32 Å². The van der Waals surface area contributed by atoms with Crippen LogP contribution in [0.15, 0.2) is 30.3 Å². The van der Waals surface area contributed by atoms with Crippen molar-refractivity contribution in [3.8, 4) is 11.5 Å². The molecular formula is C19H19Cl2NO3. The molecule has 1 aliphatic heterocycles. The van der Waals surface area contributed by atoms with E-state index in [0.29, 0.717) is 28.8 Å². The van der Waals surface area contributed by atoms with E-state index in [-0.39, 0.29) is 12.0 Å². The highest BCUT2D eigenvalue weighted by atomic mass is 35.5. The van der Waals surface area contributed by atoms with Crippen molar-refractivity contribution in [2.45, 2.75) is 32.9 Å². The van der Waals surface area contributed by atoms with Gasteiger partial charge in [0.25, 0.3) is 5.91 Å². The fraction of sp³-hybridized carbons (Fsp3) is 0.316. The van der Waals surface area contributed by atoms with Gasteiger partial charge in [0.2, 0.25) is 0 Å². The lowest BCUT2D eigenvalue weighted by atomic mass is 10.1. The Balaban J connectivity index is 1.79. The summed E-state index contributed by atoms with van der Waals surface area (Å²) < 4.78 is 11.5. The molecule has 132 valence electrons. The molecule has 0 spiro atoms. The van der Waals surface area contributed by atoms with Crippen molar-refractivity contribution < 1.29 is 14.3 Å². The maximum absolute atomic E-state index is 12.4. The smallest absolute Gasteiger partial charge is 0.253 e. The van der Waals surface area contributed by atoms with Gasteiger partial charge < -0.3 is 14.8 Å². The number of carbonyl (C=O) groups is 1. The van der Waals surface area contributed by atoms with E-state index in [1.807, 2.05) is 26.0 Å². The highest BCUT2D eigenvalue weighted by Crippen LogP contribution is 2.35. The Morgan fingerprint density at radius 2 is 2.12 bits per heavy atom. The first kappa shape index (κ1) is 17.9. The number of halogens is 2. The summed E-state index contributed by atoms with van der Waals surface area (Å²) in [5.74, 6) is 1.32. The molecule has 3 rings (SSSR count). The van der Waals surface area contributed by atoms with Gasteiger partial charge in [0.1, 0.15) is 17.6 Å². The lowest BCUT2D eigenvalue weighted by Crippen LogP contribution is -2.23. The molecule has 1 unspecified atom stereocenters. The maximum atomic E-state index is 12.4. The Labute approximate surface area is 157 Å². The highest BCUT2D eigenvalue weighted by Gasteiger charge is 2.22. The number of carbonyl (C=O) groups excluding carboxylic acids is 1. The van der Waals surface area contributed by atoms with Gasteiger partial charge >= 0.3 is 0 Å². The number of rotatable bonds is 5. The largest absolute Gasteiger partial charge is 0.494 e. The van der Waals surface area contributed by atoms with Crippen LogP contribution in [0.25, 0.3) is 0 Å². The van der Waals surface area contributed by atoms with Crippen LogP contribution in [0.2, 0.25) is 10.0 Å². The predicted molar refractivity (Wildman–Crippen MR) is 99.0 cm³/mol. The quantitative estimate of drug-likeness (QED) is 0.822. The zero-order valence-electron chi connectivity index (χ0n) is 14.1. The first-order chi connectivity index (χ1) is 12.0. The zero-order valence-corrected chi connectivity index (χ0v) is 15.6. The number of nitrogens with one attached hydrogen (secondary N) is 1. The van der Waals surface area contributed by atoms with Crippen LogP contribution in [0.3, 0.4) is 0 Å². The Morgan fingerprint density at radius 1 is 1.32 bits per heavy atom. The molecular weight excluding hydrogens is 361 g/mol. The minimum absolute atomic E-state index is 0.152. The van der Waals surface area contributed by atoms with Crippen molar-refractivity contribution in [1.29, 1.82) is 0 Å². The second kappa shape index (κ2) is 7.54. The molecule has 4 nitrogen and oxygen atoms in total. The van der Waals surface area contributed by atoms with E-state index in [0.717, 1.165) is 29.0 Å². The van der Waals surface area contributed by atoms with E-state index in [4.69, 9.17) is 32.7 Å². The Bertz CT molecular complexity index is 807. The summed E-state index contributed by atoms with van der Waals surface area (Å²) in [6.07, 6.45) is 1.01. The molecule has 0 aromatic heterocycles. The monoisotopic (exact) mass is 379 g/mol. The van der Waals surface area contributed by atoms with Gasteiger partial charge in [-0.15, -0.1) is 0 Å². The minimum Gasteiger partial charge on any atom is -0.494 e. The third kappa shape index (κ3) is 4.02. The summed E-state index contributed by atoms with van der Waals surface area (Å²) >= 11 is 12.0. The van der Waals surface area contributed by atoms with E-state index >= 15 is 0 Å². The second-order valence-corrected chi connectivity index (χ2v) is 6.78. The number of amides is 1. The summed E-state index contributed by atoms with van der Waals surface area (Å²) in [5, 5.41) is 3.69. The fourth-order valence-electron chi connectivity index (χ4n) is 2.85. The molecule has 1 amide bonds. The van der Waals surface area contributed by atoms with Crippen molar-refractivity contribution in [1.82, 2.24) is 5.32 Å². The number of fused-ring (bicyclic) bond motifs is 1. The first-order valence-corrected chi connectivity index (χ1v) is 8.92. The van der Waals surface area contributed by atoms with E-state index in [1.54, 1.807) is 18.2 Å². The van der Waals surface area contributed by atoms with Gasteiger partial charge in [-0.3, -0.25) is 4.79 Å². The molecule has 6 heteroatoms. The van der Waals surface area contributed by atoms with Gasteiger partial charge in [0, 0.05) is 29.1 Å². The lowest BCUT2D eigenvalue weighted by molar-refractivity contribution is 0.0950. The van der Waals surface area contributed by atoms with Crippen LogP contribution >= 0.6 is 23.2 Å². The zero-order chi connectivity index (χ0) is 18.0. The fourth-order valence-corrected chi connectivity index (χ4v) is 3.23. The van der Waals surface area contributed by atoms with Gasteiger partial charge in [-0.1, -0.05) is 23.2 Å². The van der Waals surface area contributed by atoms with Crippen LogP contribution < -0.4 is 14.8 Å². The van der Waals surface area contributed by atoms with Gasteiger partial charge in [0.15, 0.2) is 0 Å². The average Bonchev–Trinajstić information content (AvgIpc) is 2.93. The maximum Gasteiger partial charge on any atom is 0.253 e. The number of ether oxygens (including phenoxy) is 2. The van der Waals surface area contributed by atoms with E-state index in [1.165, 1.54) is 0 Å². The van der Waals surface area contributed by atoms with Crippen molar-refractivity contribution in [2.24, 2.45) is 0 Å². The molecule has 2 aromatic rings. The van der Waals surface area contributed by atoms with Gasteiger partial charge in [-0.05, 0) is 44.2 Å². The molecule has 1 atom stereocenters. The third-order valence-corrected chi connectivity index (χ3v) is 4.56. The lowest BCUT2D eigenvalue weighted by Gasteiger charge is -2.14. The van der Waals surface area contributed by atoms with E-state index in [9.17, 15) is 4.79 Å². The summed E-state index contributed by atoms with van der Waals surface area (Å²) in [6.45, 7) is 4.82. The van der Waals surface area contributed by atoms with Crippen molar-refractivity contribution >= 4 is 29.1 Å². The first-order valence-electron chi connectivity index (χ1n) is 8.16. The standard InChI is InChI=1S/C19H19Cl2NO3/c1-3-24-17-7-12-6-11(2)25-18(12)8-13(17)10-22-19(23)15-9-14(20)4-5-16(15)21/h4-5,7-9,11H,3,6,10H2,1-2H3,(H,22,23). The van der Waals surface area contributed by atoms with Crippen LogP contribution in [0.5, 0.6) is 11.5 Å². The van der Waals surface area contributed by atoms with E-state index < -0.39 is 0 Å². The summed E-state index contributed by atoms with van der Waals surface area (Å²) in [4.78, 5) is 12.4. The van der Waals surface area contributed by atoms with Gasteiger partial charge in [-0.25, -0.2) is 0 Å². The Morgan fingerprint density at radius 3 is 2.88 bits per heavy atom. The van der Waals surface area contributed by atoms with Gasteiger partial charge in [-0.2, -0.15) is 0 Å². The van der Waals surface area contributed by atoms with Crippen LogP contribution in [0.4, 0.5) is 0 Å². The van der Waals surface area contributed by atoms with Crippen LogP contribution in [0.1, 0.15) is 35.3 Å². The molecule has 2 aromatic carbocycles. The Hall–Kier alpha value is -1.91. The molecule has 1 heterocycles.